The van der Waals surface area contributed by atoms with Crippen LogP contribution in [0.25, 0.3) is 11.2 Å². The molecule has 8 heteroatoms. The van der Waals surface area contributed by atoms with Gasteiger partial charge in [-0.05, 0) is 63.6 Å². The molecule has 4 aromatic rings. The second-order valence-corrected chi connectivity index (χ2v) is 9.37. The first-order valence-corrected chi connectivity index (χ1v) is 12.0. The minimum atomic E-state index is -0.197. The van der Waals surface area contributed by atoms with Crippen molar-refractivity contribution < 1.29 is 4.39 Å². The van der Waals surface area contributed by atoms with Gasteiger partial charge in [-0.25, -0.2) is 9.37 Å². The number of para-hydroxylation sites is 1. The molecular weight excluding hydrogens is 443 g/mol. The molecule has 7 nitrogen and oxygen atoms in total. The molecule has 1 fully saturated rings. The number of piperidine rings is 1. The zero-order chi connectivity index (χ0) is 24.7. The zero-order valence-electron chi connectivity index (χ0n) is 20.5. The van der Waals surface area contributed by atoms with Gasteiger partial charge in [0, 0.05) is 37.2 Å². The van der Waals surface area contributed by atoms with Crippen molar-refractivity contribution in [3.8, 4) is 0 Å². The molecule has 0 unspecified atom stereocenters. The van der Waals surface area contributed by atoms with E-state index in [9.17, 15) is 9.18 Å². The zero-order valence-corrected chi connectivity index (χ0v) is 20.5. The molecule has 180 valence electrons. The van der Waals surface area contributed by atoms with E-state index in [4.69, 9.17) is 0 Å². The Bertz CT molecular complexity index is 1450. The highest BCUT2D eigenvalue weighted by Gasteiger charge is 2.29. The minimum Gasteiger partial charge on any atom is -0.369 e. The number of aromatic nitrogens is 5. The SMILES string of the molecule is Cc1cnc2c(C)c(C3CCN(c4c(C)cccc4F)CC3)c(=O)n(Cc3nccnc3C)c2n1. The molecule has 5 rings (SSSR count). The van der Waals surface area contributed by atoms with Crippen LogP contribution in [-0.2, 0) is 6.54 Å². The van der Waals surface area contributed by atoms with Gasteiger partial charge in [-0.3, -0.25) is 24.3 Å². The van der Waals surface area contributed by atoms with Crippen LogP contribution >= 0.6 is 0 Å². The summed E-state index contributed by atoms with van der Waals surface area (Å²) in [6, 6.07) is 5.19. The van der Waals surface area contributed by atoms with E-state index in [1.165, 1.54) is 6.07 Å². The summed E-state index contributed by atoms with van der Waals surface area (Å²) < 4.78 is 16.3. The van der Waals surface area contributed by atoms with Crippen LogP contribution in [0.5, 0.6) is 0 Å². The molecule has 1 aromatic carbocycles. The maximum absolute atomic E-state index is 14.6. The minimum absolute atomic E-state index is 0.0551. The maximum atomic E-state index is 14.6. The lowest BCUT2D eigenvalue weighted by molar-refractivity contribution is 0.489. The first-order valence-electron chi connectivity index (χ1n) is 12.0. The number of pyridine rings is 1. The number of anilines is 1. The lowest BCUT2D eigenvalue weighted by atomic mass is 9.87. The second-order valence-electron chi connectivity index (χ2n) is 9.37. The first-order chi connectivity index (χ1) is 16.8. The van der Waals surface area contributed by atoms with E-state index in [2.05, 4.69) is 24.8 Å². The van der Waals surface area contributed by atoms with E-state index in [0.29, 0.717) is 24.4 Å². The Balaban J connectivity index is 1.55. The lowest BCUT2D eigenvalue weighted by Gasteiger charge is -2.35. The van der Waals surface area contributed by atoms with Crippen molar-refractivity contribution in [1.29, 1.82) is 0 Å². The lowest BCUT2D eigenvalue weighted by Crippen LogP contribution is -2.37. The van der Waals surface area contributed by atoms with Crippen molar-refractivity contribution in [2.45, 2.75) is 53.0 Å². The molecular formula is C27H29FN6O. The van der Waals surface area contributed by atoms with Crippen LogP contribution in [0.1, 0.15) is 52.5 Å². The highest BCUT2D eigenvalue weighted by Crippen LogP contribution is 2.34. The van der Waals surface area contributed by atoms with Gasteiger partial charge in [-0.1, -0.05) is 12.1 Å². The van der Waals surface area contributed by atoms with Gasteiger partial charge >= 0.3 is 0 Å². The van der Waals surface area contributed by atoms with Crippen molar-refractivity contribution in [3.05, 3.63) is 86.7 Å². The average molecular weight is 473 g/mol. The molecule has 35 heavy (non-hydrogen) atoms. The average Bonchev–Trinajstić information content (AvgIpc) is 2.83. The van der Waals surface area contributed by atoms with Crippen LogP contribution in [0.15, 0.2) is 41.6 Å². The summed E-state index contributed by atoms with van der Waals surface area (Å²) in [5.41, 5.74) is 6.77. The Labute approximate surface area is 203 Å². The van der Waals surface area contributed by atoms with Gasteiger partial charge in [0.2, 0.25) is 0 Å². The van der Waals surface area contributed by atoms with Crippen LogP contribution < -0.4 is 10.5 Å². The fourth-order valence-corrected chi connectivity index (χ4v) is 5.23. The van der Waals surface area contributed by atoms with Gasteiger partial charge in [0.1, 0.15) is 11.3 Å². The Kier molecular flexibility index (Phi) is 6.05. The number of fused-ring (bicyclic) bond motifs is 1. The van der Waals surface area contributed by atoms with Gasteiger partial charge in [0.05, 0.1) is 29.3 Å². The number of hydrogen-bond acceptors (Lipinski definition) is 6. The van der Waals surface area contributed by atoms with E-state index in [1.807, 2.05) is 33.8 Å². The third kappa shape index (κ3) is 4.17. The van der Waals surface area contributed by atoms with Crippen molar-refractivity contribution in [1.82, 2.24) is 24.5 Å². The molecule has 0 radical (unpaired) electrons. The number of aryl methyl sites for hydroxylation is 4. The van der Waals surface area contributed by atoms with Crippen molar-refractivity contribution in [2.24, 2.45) is 0 Å². The fraction of sp³-hybridized carbons (Fsp3) is 0.370. The largest absolute Gasteiger partial charge is 0.369 e. The van der Waals surface area contributed by atoms with Crippen LogP contribution in [0.3, 0.4) is 0 Å². The third-order valence-corrected chi connectivity index (χ3v) is 7.06. The highest BCUT2D eigenvalue weighted by atomic mass is 19.1. The molecule has 0 saturated carbocycles. The molecule has 0 bridgehead atoms. The monoisotopic (exact) mass is 472 g/mol. The molecule has 3 aromatic heterocycles. The smallest absolute Gasteiger partial charge is 0.256 e. The highest BCUT2D eigenvalue weighted by molar-refractivity contribution is 5.76. The molecule has 0 aliphatic carbocycles. The standard InChI is InChI=1S/C27H29FN6O/c1-16-6-5-7-21(28)25(16)33-12-8-20(9-13-33)23-18(3)24-26(32-17(2)14-31-24)34(27(23)35)15-22-19(4)29-10-11-30-22/h5-7,10-11,14,20H,8-9,12-13,15H2,1-4H3. The van der Waals surface area contributed by atoms with Gasteiger partial charge < -0.3 is 4.90 Å². The molecule has 1 aliphatic heterocycles. The molecule has 4 heterocycles. The summed E-state index contributed by atoms with van der Waals surface area (Å²) in [7, 11) is 0. The summed E-state index contributed by atoms with van der Waals surface area (Å²) in [5, 5.41) is 0. The summed E-state index contributed by atoms with van der Waals surface area (Å²) >= 11 is 0. The number of rotatable bonds is 4. The van der Waals surface area contributed by atoms with E-state index < -0.39 is 0 Å². The molecule has 0 spiro atoms. The molecule has 1 saturated heterocycles. The third-order valence-electron chi connectivity index (χ3n) is 7.06. The van der Waals surface area contributed by atoms with Gasteiger partial charge in [-0.15, -0.1) is 0 Å². The van der Waals surface area contributed by atoms with Crippen LogP contribution in [0.4, 0.5) is 10.1 Å². The quantitative estimate of drug-likeness (QED) is 0.439. The van der Waals surface area contributed by atoms with Gasteiger partial charge in [0.15, 0.2) is 5.65 Å². The van der Waals surface area contributed by atoms with Gasteiger partial charge in [-0.2, -0.15) is 0 Å². The number of benzene rings is 1. The number of hydrogen-bond donors (Lipinski definition) is 0. The first kappa shape index (κ1) is 23.1. The van der Waals surface area contributed by atoms with E-state index >= 15 is 0 Å². The van der Waals surface area contributed by atoms with E-state index in [-0.39, 0.29) is 23.8 Å². The van der Waals surface area contributed by atoms with E-state index in [0.717, 1.165) is 52.1 Å². The van der Waals surface area contributed by atoms with Crippen LogP contribution in [-0.4, -0.2) is 37.6 Å². The summed E-state index contributed by atoms with van der Waals surface area (Å²) in [6.45, 7) is 9.33. The fourth-order valence-electron chi connectivity index (χ4n) is 5.23. The maximum Gasteiger partial charge on any atom is 0.256 e. The number of nitrogens with zero attached hydrogens (tertiary/aromatic N) is 6. The summed E-state index contributed by atoms with van der Waals surface area (Å²) in [5.74, 6) is -0.134. The summed E-state index contributed by atoms with van der Waals surface area (Å²) in [4.78, 5) is 34.2. The van der Waals surface area contributed by atoms with Crippen molar-refractivity contribution >= 4 is 16.9 Å². The number of halogens is 1. The van der Waals surface area contributed by atoms with E-state index in [1.54, 1.807) is 29.2 Å². The second kappa shape index (κ2) is 9.17. The Morgan fingerprint density at radius 1 is 1.03 bits per heavy atom. The molecule has 1 aliphatic rings. The van der Waals surface area contributed by atoms with Gasteiger partial charge in [0.25, 0.3) is 5.56 Å². The van der Waals surface area contributed by atoms with Crippen LogP contribution in [0, 0.1) is 33.5 Å². The Hall–Kier alpha value is -3.68. The predicted octanol–water partition coefficient (Wildman–Crippen LogP) is 4.39. The predicted molar refractivity (Wildman–Crippen MR) is 134 cm³/mol. The Morgan fingerprint density at radius 2 is 1.77 bits per heavy atom. The van der Waals surface area contributed by atoms with Crippen molar-refractivity contribution in [2.75, 3.05) is 18.0 Å². The topological polar surface area (TPSA) is 76.8 Å². The van der Waals surface area contributed by atoms with Crippen LogP contribution in [0.2, 0.25) is 0 Å². The molecule has 0 amide bonds. The molecule has 0 atom stereocenters. The normalized spacial score (nSPS) is 14.6. The Morgan fingerprint density at radius 3 is 2.49 bits per heavy atom. The molecule has 0 N–H and O–H groups in total. The van der Waals surface area contributed by atoms with Crippen molar-refractivity contribution in [3.63, 3.8) is 0 Å². The summed E-state index contributed by atoms with van der Waals surface area (Å²) in [6.07, 6.45) is 6.56.